The Morgan fingerprint density at radius 2 is 2.25 bits per heavy atom. The highest BCUT2D eigenvalue weighted by molar-refractivity contribution is 6.29. The first-order valence-corrected chi connectivity index (χ1v) is 6.68. The quantitative estimate of drug-likeness (QED) is 0.878. The molecular weight excluding hydrogens is 284 g/mol. The molecule has 0 radical (unpaired) electrons. The number of fused-ring (bicyclic) bond motifs is 1. The Labute approximate surface area is 118 Å². The van der Waals surface area contributed by atoms with Crippen LogP contribution in [-0.4, -0.2) is 32.5 Å². The molecule has 1 aliphatic rings. The molecule has 1 amide bonds. The molecule has 0 saturated carbocycles. The van der Waals surface area contributed by atoms with Crippen molar-refractivity contribution in [3.63, 3.8) is 0 Å². The zero-order valence-electron chi connectivity index (χ0n) is 10.6. The van der Waals surface area contributed by atoms with Crippen molar-refractivity contribution >= 4 is 17.5 Å². The molecular formula is C12H13ClN4O3. The van der Waals surface area contributed by atoms with Gasteiger partial charge in [-0.15, -0.1) is 0 Å². The van der Waals surface area contributed by atoms with Gasteiger partial charge in [-0.05, 0) is 0 Å². The van der Waals surface area contributed by atoms with Crippen LogP contribution >= 0.6 is 11.6 Å². The molecule has 2 N–H and O–H groups in total. The number of nitrogens with one attached hydrogen (secondary N) is 2. The molecule has 3 rings (SSSR count). The van der Waals surface area contributed by atoms with Gasteiger partial charge in [-0.2, -0.15) is 0 Å². The second-order valence-corrected chi connectivity index (χ2v) is 5.10. The van der Waals surface area contributed by atoms with Crippen LogP contribution in [-0.2, 0) is 24.2 Å². The fourth-order valence-corrected chi connectivity index (χ4v) is 2.48. The van der Waals surface area contributed by atoms with Gasteiger partial charge in [-0.25, -0.2) is 4.79 Å². The molecule has 2 aromatic rings. The van der Waals surface area contributed by atoms with Crippen LogP contribution in [0.4, 0.5) is 0 Å². The molecule has 0 spiro atoms. The maximum Gasteiger partial charge on any atom is 0.323 e. The number of nitrogens with zero attached hydrogens (tertiary/aromatic N) is 2. The predicted octanol–water partition coefficient (Wildman–Crippen LogP) is 0.862. The third-order valence-corrected chi connectivity index (χ3v) is 3.52. The maximum atomic E-state index is 12.1. The number of amides is 1. The molecule has 106 valence electrons. The highest BCUT2D eigenvalue weighted by atomic mass is 35.5. The number of imidazole rings is 1. The maximum absolute atomic E-state index is 12.1. The number of carbonyl (C=O) groups is 1. The van der Waals surface area contributed by atoms with E-state index in [-0.39, 0.29) is 11.6 Å². The van der Waals surface area contributed by atoms with Gasteiger partial charge in [0.25, 0.3) is 0 Å². The van der Waals surface area contributed by atoms with Crippen LogP contribution in [0.3, 0.4) is 0 Å². The SMILES string of the molecule is O=C(CCc1cc(Cl)no1)N1CCc2[nH]c(=O)[nH]c2C1. The summed E-state index contributed by atoms with van der Waals surface area (Å²) < 4.78 is 4.96. The van der Waals surface area contributed by atoms with E-state index in [2.05, 4.69) is 15.1 Å². The van der Waals surface area contributed by atoms with Gasteiger partial charge in [0.1, 0.15) is 5.76 Å². The van der Waals surface area contributed by atoms with E-state index in [0.29, 0.717) is 43.3 Å². The third-order valence-electron chi connectivity index (χ3n) is 3.34. The number of halogens is 1. The first-order valence-electron chi connectivity index (χ1n) is 6.31. The van der Waals surface area contributed by atoms with Crippen molar-refractivity contribution in [2.24, 2.45) is 0 Å². The van der Waals surface area contributed by atoms with Gasteiger partial charge in [0, 0.05) is 37.6 Å². The molecule has 3 heterocycles. The van der Waals surface area contributed by atoms with E-state index in [1.54, 1.807) is 11.0 Å². The molecule has 0 bridgehead atoms. The normalized spacial score (nSPS) is 14.3. The summed E-state index contributed by atoms with van der Waals surface area (Å²) in [6, 6.07) is 1.60. The number of carbonyl (C=O) groups excluding carboxylic acids is 1. The minimum atomic E-state index is -0.222. The summed E-state index contributed by atoms with van der Waals surface area (Å²) in [5.74, 6) is 0.612. The lowest BCUT2D eigenvalue weighted by atomic mass is 10.1. The smallest absolute Gasteiger partial charge is 0.323 e. The summed E-state index contributed by atoms with van der Waals surface area (Å²) in [5, 5.41) is 3.85. The van der Waals surface area contributed by atoms with E-state index in [9.17, 15) is 9.59 Å². The second kappa shape index (κ2) is 5.16. The largest absolute Gasteiger partial charge is 0.360 e. The van der Waals surface area contributed by atoms with Gasteiger partial charge in [-0.3, -0.25) is 4.79 Å². The van der Waals surface area contributed by atoms with E-state index in [0.717, 1.165) is 11.4 Å². The minimum Gasteiger partial charge on any atom is -0.360 e. The fraction of sp³-hybridized carbons (Fsp3) is 0.417. The fourth-order valence-electron chi connectivity index (χ4n) is 2.33. The zero-order chi connectivity index (χ0) is 14.1. The second-order valence-electron chi connectivity index (χ2n) is 4.72. The predicted molar refractivity (Wildman–Crippen MR) is 70.4 cm³/mol. The Morgan fingerprint density at radius 3 is 3.00 bits per heavy atom. The molecule has 0 aliphatic carbocycles. The number of rotatable bonds is 3. The van der Waals surface area contributed by atoms with Gasteiger partial charge in [0.05, 0.1) is 12.2 Å². The van der Waals surface area contributed by atoms with E-state index < -0.39 is 0 Å². The van der Waals surface area contributed by atoms with Crippen LogP contribution < -0.4 is 5.69 Å². The molecule has 8 heteroatoms. The minimum absolute atomic E-state index is 0.0187. The van der Waals surface area contributed by atoms with Gasteiger partial charge in [0.2, 0.25) is 5.91 Å². The molecule has 0 fully saturated rings. The van der Waals surface area contributed by atoms with Crippen molar-refractivity contribution in [1.29, 1.82) is 0 Å². The Morgan fingerprint density at radius 1 is 1.45 bits per heavy atom. The Kier molecular flexibility index (Phi) is 3.35. The highest BCUT2D eigenvalue weighted by Gasteiger charge is 2.22. The summed E-state index contributed by atoms with van der Waals surface area (Å²) in [6.07, 6.45) is 1.45. The van der Waals surface area contributed by atoms with Crippen LogP contribution in [0.1, 0.15) is 23.6 Å². The standard InChI is InChI=1S/C12H13ClN4O3/c13-10-5-7(20-16-10)1-2-11(18)17-4-3-8-9(6-17)15-12(19)14-8/h5H,1-4,6H2,(H2,14,15,19). The van der Waals surface area contributed by atoms with Gasteiger partial charge < -0.3 is 19.4 Å². The van der Waals surface area contributed by atoms with E-state index in [1.165, 1.54) is 0 Å². The first kappa shape index (κ1) is 13.0. The molecule has 7 nitrogen and oxygen atoms in total. The first-order chi connectivity index (χ1) is 9.61. The van der Waals surface area contributed by atoms with Crippen molar-refractivity contribution in [2.75, 3.05) is 6.54 Å². The number of aromatic amines is 2. The summed E-state index contributed by atoms with van der Waals surface area (Å²) in [5.41, 5.74) is 1.46. The van der Waals surface area contributed by atoms with Crippen molar-refractivity contribution in [3.05, 3.63) is 38.9 Å². The number of hydrogen-bond donors (Lipinski definition) is 2. The summed E-state index contributed by atoms with van der Waals surface area (Å²) in [4.78, 5) is 30.5. The lowest BCUT2D eigenvalue weighted by Crippen LogP contribution is -2.36. The van der Waals surface area contributed by atoms with Crippen LogP contribution in [0.5, 0.6) is 0 Å². The highest BCUT2D eigenvalue weighted by Crippen LogP contribution is 2.16. The Bertz CT molecular complexity index is 687. The van der Waals surface area contributed by atoms with Crippen LogP contribution in [0.2, 0.25) is 5.15 Å². The molecule has 20 heavy (non-hydrogen) atoms. The van der Waals surface area contributed by atoms with E-state index in [1.807, 2.05) is 0 Å². The van der Waals surface area contributed by atoms with E-state index >= 15 is 0 Å². The number of aromatic nitrogens is 3. The molecule has 2 aromatic heterocycles. The van der Waals surface area contributed by atoms with Gasteiger partial charge >= 0.3 is 5.69 Å². The topological polar surface area (TPSA) is 95.0 Å². The van der Waals surface area contributed by atoms with Crippen molar-refractivity contribution in [1.82, 2.24) is 20.0 Å². The number of hydrogen-bond acceptors (Lipinski definition) is 4. The average Bonchev–Trinajstić information content (AvgIpc) is 2.99. The molecule has 0 aromatic carbocycles. The van der Waals surface area contributed by atoms with Crippen molar-refractivity contribution in [2.45, 2.75) is 25.8 Å². The molecule has 0 atom stereocenters. The third kappa shape index (κ3) is 2.62. The van der Waals surface area contributed by atoms with E-state index in [4.69, 9.17) is 16.1 Å². The number of aryl methyl sites for hydroxylation is 1. The molecule has 1 aliphatic heterocycles. The molecule has 0 saturated heterocycles. The summed E-state index contributed by atoms with van der Waals surface area (Å²) >= 11 is 5.65. The van der Waals surface area contributed by atoms with Crippen molar-refractivity contribution in [3.8, 4) is 0 Å². The molecule has 0 unspecified atom stereocenters. The lowest BCUT2D eigenvalue weighted by molar-refractivity contribution is -0.132. The summed E-state index contributed by atoms with van der Waals surface area (Å²) in [6.45, 7) is 1.04. The number of H-pyrrole nitrogens is 2. The van der Waals surface area contributed by atoms with Crippen LogP contribution in [0, 0.1) is 0 Å². The summed E-state index contributed by atoms with van der Waals surface area (Å²) in [7, 11) is 0. The van der Waals surface area contributed by atoms with Gasteiger partial charge in [0.15, 0.2) is 5.15 Å². The lowest BCUT2D eigenvalue weighted by Gasteiger charge is -2.26. The Hall–Kier alpha value is -2.02. The van der Waals surface area contributed by atoms with Crippen molar-refractivity contribution < 1.29 is 9.32 Å². The van der Waals surface area contributed by atoms with Crippen LogP contribution in [0.25, 0.3) is 0 Å². The van der Waals surface area contributed by atoms with Gasteiger partial charge in [-0.1, -0.05) is 16.8 Å². The zero-order valence-corrected chi connectivity index (χ0v) is 11.4. The monoisotopic (exact) mass is 296 g/mol. The Balaban J connectivity index is 1.60. The van der Waals surface area contributed by atoms with Crippen LogP contribution in [0.15, 0.2) is 15.4 Å². The average molecular weight is 297 g/mol.